The van der Waals surface area contributed by atoms with Gasteiger partial charge >= 0.3 is 0 Å². The second-order valence-corrected chi connectivity index (χ2v) is 8.49. The summed E-state index contributed by atoms with van der Waals surface area (Å²) in [6, 6.07) is 9.54. The van der Waals surface area contributed by atoms with E-state index in [0.29, 0.717) is 12.2 Å². The highest BCUT2D eigenvalue weighted by atomic mass is 16.5. The highest BCUT2D eigenvalue weighted by Gasteiger charge is 2.16. The first-order chi connectivity index (χ1) is 13.1. The summed E-state index contributed by atoms with van der Waals surface area (Å²) in [5.41, 5.74) is 4.43. The Kier molecular flexibility index (Phi) is 5.35. The van der Waals surface area contributed by atoms with Crippen molar-refractivity contribution >= 4 is 5.65 Å². The molecule has 0 spiro atoms. The molecule has 2 heterocycles. The number of aryl methyl sites for hydroxylation is 3. The van der Waals surface area contributed by atoms with Gasteiger partial charge in [-0.2, -0.15) is 9.61 Å². The van der Waals surface area contributed by atoms with E-state index in [1.54, 1.807) is 0 Å². The molecule has 28 heavy (non-hydrogen) atoms. The predicted molar refractivity (Wildman–Crippen MR) is 110 cm³/mol. The molecule has 0 bridgehead atoms. The zero-order valence-corrected chi connectivity index (χ0v) is 17.5. The van der Waals surface area contributed by atoms with Crippen LogP contribution in [-0.2, 0) is 12.0 Å². The van der Waals surface area contributed by atoms with Gasteiger partial charge in [-0.3, -0.25) is 4.79 Å². The number of benzene rings is 1. The molecule has 0 aliphatic heterocycles. The SMILES string of the molecule is Cc1cc2n(CC(O)COc3ccc(C(C)(C)C)cc3C)c(C)cc(=O)n2n1. The maximum atomic E-state index is 12.1. The maximum Gasteiger partial charge on any atom is 0.274 e. The molecule has 0 amide bonds. The average Bonchev–Trinajstić information content (AvgIpc) is 2.99. The molecule has 0 aliphatic rings. The summed E-state index contributed by atoms with van der Waals surface area (Å²) in [6.45, 7) is 12.7. The van der Waals surface area contributed by atoms with E-state index in [0.717, 1.165) is 22.7 Å². The monoisotopic (exact) mass is 383 g/mol. The van der Waals surface area contributed by atoms with E-state index in [4.69, 9.17) is 4.74 Å². The van der Waals surface area contributed by atoms with Crippen LogP contribution in [0.5, 0.6) is 5.75 Å². The normalized spacial score (nSPS) is 13.1. The summed E-state index contributed by atoms with van der Waals surface area (Å²) >= 11 is 0. The molecule has 1 aromatic carbocycles. The van der Waals surface area contributed by atoms with E-state index in [2.05, 4.69) is 38.0 Å². The van der Waals surface area contributed by atoms with E-state index < -0.39 is 6.10 Å². The fourth-order valence-electron chi connectivity index (χ4n) is 3.30. The molecule has 3 aromatic rings. The Morgan fingerprint density at radius 1 is 1.14 bits per heavy atom. The predicted octanol–water partition coefficient (Wildman–Crippen LogP) is 3.16. The smallest absolute Gasteiger partial charge is 0.274 e. The number of rotatable bonds is 5. The fraction of sp³-hybridized carbons (Fsp3) is 0.455. The van der Waals surface area contributed by atoms with Crippen LogP contribution in [0, 0.1) is 20.8 Å². The number of aliphatic hydroxyl groups excluding tert-OH is 1. The second kappa shape index (κ2) is 7.43. The molecule has 1 unspecified atom stereocenters. The van der Waals surface area contributed by atoms with E-state index in [1.165, 1.54) is 16.1 Å². The Bertz CT molecular complexity index is 1060. The van der Waals surface area contributed by atoms with Gasteiger partial charge in [0.1, 0.15) is 24.1 Å². The van der Waals surface area contributed by atoms with Crippen molar-refractivity contribution in [3.05, 3.63) is 63.2 Å². The summed E-state index contributed by atoms with van der Waals surface area (Å²) in [4.78, 5) is 12.1. The van der Waals surface area contributed by atoms with Gasteiger partial charge in [0.15, 0.2) is 0 Å². The number of aliphatic hydroxyl groups is 1. The van der Waals surface area contributed by atoms with Crippen molar-refractivity contribution in [2.45, 2.75) is 59.6 Å². The van der Waals surface area contributed by atoms with Gasteiger partial charge in [-0.05, 0) is 43.4 Å². The van der Waals surface area contributed by atoms with Gasteiger partial charge in [0.2, 0.25) is 0 Å². The zero-order valence-electron chi connectivity index (χ0n) is 17.5. The lowest BCUT2D eigenvalue weighted by Crippen LogP contribution is -2.28. The largest absolute Gasteiger partial charge is 0.491 e. The molecular formula is C22H29N3O3. The topological polar surface area (TPSA) is 68.8 Å². The van der Waals surface area contributed by atoms with Crippen molar-refractivity contribution in [1.82, 2.24) is 14.2 Å². The molecule has 0 saturated heterocycles. The van der Waals surface area contributed by atoms with Crippen LogP contribution >= 0.6 is 0 Å². The van der Waals surface area contributed by atoms with Crippen molar-refractivity contribution in [3.63, 3.8) is 0 Å². The molecule has 0 fully saturated rings. The summed E-state index contributed by atoms with van der Waals surface area (Å²) in [5, 5.41) is 14.8. The highest BCUT2D eigenvalue weighted by Crippen LogP contribution is 2.27. The number of aromatic nitrogens is 3. The third-order valence-electron chi connectivity index (χ3n) is 4.92. The Balaban J connectivity index is 1.74. The van der Waals surface area contributed by atoms with Gasteiger partial charge in [-0.25, -0.2) is 0 Å². The Morgan fingerprint density at radius 2 is 1.86 bits per heavy atom. The molecule has 150 valence electrons. The number of ether oxygens (including phenoxy) is 1. The Morgan fingerprint density at radius 3 is 2.50 bits per heavy atom. The van der Waals surface area contributed by atoms with Crippen LogP contribution in [0.3, 0.4) is 0 Å². The molecule has 6 heteroatoms. The first-order valence-electron chi connectivity index (χ1n) is 9.55. The fourth-order valence-corrected chi connectivity index (χ4v) is 3.30. The number of nitrogens with zero attached hydrogens (tertiary/aromatic N) is 3. The van der Waals surface area contributed by atoms with Crippen molar-refractivity contribution in [2.75, 3.05) is 6.61 Å². The minimum atomic E-state index is -0.720. The van der Waals surface area contributed by atoms with Crippen molar-refractivity contribution < 1.29 is 9.84 Å². The van der Waals surface area contributed by atoms with Crippen LogP contribution in [0.15, 0.2) is 35.1 Å². The second-order valence-electron chi connectivity index (χ2n) is 8.49. The van der Waals surface area contributed by atoms with Crippen LogP contribution in [0.2, 0.25) is 0 Å². The van der Waals surface area contributed by atoms with Gasteiger partial charge < -0.3 is 14.4 Å². The highest BCUT2D eigenvalue weighted by molar-refractivity contribution is 5.42. The van der Waals surface area contributed by atoms with Crippen LogP contribution < -0.4 is 10.3 Å². The van der Waals surface area contributed by atoms with E-state index in [1.807, 2.05) is 37.5 Å². The molecule has 0 aliphatic carbocycles. The van der Waals surface area contributed by atoms with Crippen LogP contribution in [0.4, 0.5) is 0 Å². The van der Waals surface area contributed by atoms with Gasteiger partial charge in [-0.15, -0.1) is 0 Å². The molecular weight excluding hydrogens is 354 g/mol. The number of fused-ring (bicyclic) bond motifs is 1. The lowest BCUT2D eigenvalue weighted by atomic mass is 9.86. The lowest BCUT2D eigenvalue weighted by molar-refractivity contribution is 0.0923. The molecule has 0 saturated carbocycles. The third kappa shape index (κ3) is 4.12. The van der Waals surface area contributed by atoms with E-state index in [9.17, 15) is 9.90 Å². The van der Waals surface area contributed by atoms with Gasteiger partial charge in [-0.1, -0.05) is 32.9 Å². The van der Waals surface area contributed by atoms with E-state index >= 15 is 0 Å². The zero-order chi connectivity index (χ0) is 20.6. The molecule has 0 radical (unpaired) electrons. The first-order valence-corrected chi connectivity index (χ1v) is 9.55. The minimum Gasteiger partial charge on any atom is -0.491 e. The Labute approximate surface area is 165 Å². The van der Waals surface area contributed by atoms with Crippen LogP contribution in [0.1, 0.15) is 43.3 Å². The first kappa shape index (κ1) is 20.1. The molecule has 1 atom stereocenters. The molecule has 3 rings (SSSR count). The van der Waals surface area contributed by atoms with Crippen molar-refractivity contribution in [3.8, 4) is 5.75 Å². The van der Waals surface area contributed by atoms with Gasteiger partial charge in [0.25, 0.3) is 5.56 Å². The Hall–Kier alpha value is -2.60. The third-order valence-corrected chi connectivity index (χ3v) is 4.92. The summed E-state index contributed by atoms with van der Waals surface area (Å²) < 4.78 is 9.13. The van der Waals surface area contributed by atoms with E-state index in [-0.39, 0.29) is 17.6 Å². The molecule has 2 aromatic heterocycles. The minimum absolute atomic E-state index is 0.0828. The molecule has 6 nitrogen and oxygen atoms in total. The summed E-state index contributed by atoms with van der Waals surface area (Å²) in [7, 11) is 0. The average molecular weight is 383 g/mol. The van der Waals surface area contributed by atoms with Gasteiger partial charge in [0, 0.05) is 17.8 Å². The summed E-state index contributed by atoms with van der Waals surface area (Å²) in [5.74, 6) is 0.772. The quantitative estimate of drug-likeness (QED) is 0.735. The van der Waals surface area contributed by atoms with Crippen molar-refractivity contribution in [1.29, 1.82) is 0 Å². The van der Waals surface area contributed by atoms with Crippen LogP contribution in [0.25, 0.3) is 5.65 Å². The lowest BCUT2D eigenvalue weighted by Gasteiger charge is -2.21. The maximum absolute atomic E-state index is 12.1. The van der Waals surface area contributed by atoms with Crippen LogP contribution in [-0.4, -0.2) is 32.0 Å². The van der Waals surface area contributed by atoms with Gasteiger partial charge in [0.05, 0.1) is 12.2 Å². The standard InChI is InChI=1S/C22H29N3O3/c1-14-9-17(22(4,5)6)7-8-19(14)28-13-18(26)12-24-16(3)11-21(27)25-20(24)10-15(2)23-25/h7-11,18,26H,12-13H2,1-6H3. The van der Waals surface area contributed by atoms with Crippen molar-refractivity contribution in [2.24, 2.45) is 0 Å². The molecule has 1 N–H and O–H groups in total. The number of hydrogen-bond donors (Lipinski definition) is 1. The summed E-state index contributed by atoms with van der Waals surface area (Å²) in [6.07, 6.45) is -0.720. The number of hydrogen-bond acceptors (Lipinski definition) is 4.